The molecule has 0 heterocycles. The summed E-state index contributed by atoms with van der Waals surface area (Å²) >= 11 is 0. The normalized spacial score (nSPS) is 9.96. The summed E-state index contributed by atoms with van der Waals surface area (Å²) in [7, 11) is 0. The highest BCUT2D eigenvalue weighted by atomic mass is 16.5. The van der Waals surface area contributed by atoms with Crippen LogP contribution in [0.1, 0.15) is 23.7 Å². The zero-order valence-electron chi connectivity index (χ0n) is 15.2. The third-order valence-corrected chi connectivity index (χ3v) is 3.52. The summed E-state index contributed by atoms with van der Waals surface area (Å²) in [4.78, 5) is 35.2. The van der Waals surface area contributed by atoms with E-state index >= 15 is 0 Å². The van der Waals surface area contributed by atoms with Gasteiger partial charge in [0, 0.05) is 12.1 Å². The van der Waals surface area contributed by atoms with Crippen LogP contribution in [0.25, 0.3) is 0 Å². The van der Waals surface area contributed by atoms with E-state index in [0.29, 0.717) is 23.6 Å². The lowest BCUT2D eigenvalue weighted by molar-refractivity contribution is -0.125. The standard InChI is InChI=1S/C20H23N3O4/c1-2-12-21-18(24)13-22-19(25)14-23-20(26)15-8-10-17(11-9-15)27-16-6-4-3-5-7-16/h3-11H,2,12-14H2,1H3,(H,21,24)(H,22,25)(H,23,26). The molecule has 3 amide bonds. The van der Waals surface area contributed by atoms with E-state index in [1.807, 2.05) is 37.3 Å². The van der Waals surface area contributed by atoms with Crippen LogP contribution in [0, 0.1) is 0 Å². The summed E-state index contributed by atoms with van der Waals surface area (Å²) in [5.41, 5.74) is 0.406. The fourth-order valence-corrected chi connectivity index (χ4v) is 2.13. The van der Waals surface area contributed by atoms with Crippen LogP contribution in [0.4, 0.5) is 0 Å². The van der Waals surface area contributed by atoms with Crippen LogP contribution in [0.2, 0.25) is 0 Å². The van der Waals surface area contributed by atoms with Crippen molar-refractivity contribution in [2.75, 3.05) is 19.6 Å². The number of hydrogen-bond acceptors (Lipinski definition) is 4. The maximum Gasteiger partial charge on any atom is 0.251 e. The maximum absolute atomic E-state index is 12.1. The van der Waals surface area contributed by atoms with E-state index in [-0.39, 0.29) is 24.9 Å². The fourth-order valence-electron chi connectivity index (χ4n) is 2.13. The van der Waals surface area contributed by atoms with E-state index in [4.69, 9.17) is 4.74 Å². The Kier molecular flexibility index (Phi) is 7.84. The second-order valence-electron chi connectivity index (χ2n) is 5.75. The largest absolute Gasteiger partial charge is 0.457 e. The zero-order chi connectivity index (χ0) is 19.5. The van der Waals surface area contributed by atoms with Crippen molar-refractivity contribution in [3.63, 3.8) is 0 Å². The molecule has 0 unspecified atom stereocenters. The summed E-state index contributed by atoms with van der Waals surface area (Å²) in [5, 5.41) is 7.61. The van der Waals surface area contributed by atoms with Crippen molar-refractivity contribution in [1.82, 2.24) is 16.0 Å². The van der Waals surface area contributed by atoms with E-state index in [2.05, 4.69) is 16.0 Å². The quantitative estimate of drug-likeness (QED) is 0.628. The van der Waals surface area contributed by atoms with Crippen LogP contribution < -0.4 is 20.7 Å². The van der Waals surface area contributed by atoms with Gasteiger partial charge < -0.3 is 20.7 Å². The molecule has 2 aromatic rings. The molecule has 0 spiro atoms. The van der Waals surface area contributed by atoms with Crippen molar-refractivity contribution in [1.29, 1.82) is 0 Å². The van der Waals surface area contributed by atoms with Crippen LogP contribution in [-0.4, -0.2) is 37.4 Å². The van der Waals surface area contributed by atoms with Crippen LogP contribution >= 0.6 is 0 Å². The predicted molar refractivity (Wildman–Crippen MR) is 102 cm³/mol. The average Bonchev–Trinajstić information content (AvgIpc) is 2.70. The highest BCUT2D eigenvalue weighted by molar-refractivity contribution is 5.96. The molecule has 7 heteroatoms. The van der Waals surface area contributed by atoms with Crippen molar-refractivity contribution in [2.24, 2.45) is 0 Å². The SMILES string of the molecule is CCCNC(=O)CNC(=O)CNC(=O)c1ccc(Oc2ccccc2)cc1. The summed E-state index contributed by atoms with van der Waals surface area (Å²) < 4.78 is 5.66. The smallest absolute Gasteiger partial charge is 0.251 e. The average molecular weight is 369 g/mol. The number of benzene rings is 2. The van der Waals surface area contributed by atoms with Gasteiger partial charge in [0.2, 0.25) is 11.8 Å². The second-order valence-corrected chi connectivity index (χ2v) is 5.75. The van der Waals surface area contributed by atoms with E-state index in [0.717, 1.165) is 6.42 Å². The molecule has 2 rings (SSSR count). The lowest BCUT2D eigenvalue weighted by Gasteiger charge is -2.08. The van der Waals surface area contributed by atoms with Crippen molar-refractivity contribution in [3.05, 3.63) is 60.2 Å². The first kappa shape index (κ1) is 20.0. The van der Waals surface area contributed by atoms with Gasteiger partial charge in [-0.3, -0.25) is 14.4 Å². The van der Waals surface area contributed by atoms with Gasteiger partial charge in [-0.2, -0.15) is 0 Å². The zero-order valence-corrected chi connectivity index (χ0v) is 15.2. The molecule has 0 radical (unpaired) electrons. The van der Waals surface area contributed by atoms with Gasteiger partial charge in [0.25, 0.3) is 5.91 Å². The van der Waals surface area contributed by atoms with E-state index in [1.54, 1.807) is 24.3 Å². The Morgan fingerprint density at radius 2 is 1.37 bits per heavy atom. The number of carbonyl (C=O) groups excluding carboxylic acids is 3. The highest BCUT2D eigenvalue weighted by Gasteiger charge is 2.09. The van der Waals surface area contributed by atoms with Crippen LogP contribution in [0.15, 0.2) is 54.6 Å². The van der Waals surface area contributed by atoms with E-state index in [1.165, 1.54) is 0 Å². The van der Waals surface area contributed by atoms with Crippen molar-refractivity contribution in [3.8, 4) is 11.5 Å². The number of carbonyl (C=O) groups is 3. The van der Waals surface area contributed by atoms with Gasteiger partial charge in [0.15, 0.2) is 0 Å². The van der Waals surface area contributed by atoms with Crippen LogP contribution in [-0.2, 0) is 9.59 Å². The second kappa shape index (κ2) is 10.6. The van der Waals surface area contributed by atoms with Crippen LogP contribution in [0.3, 0.4) is 0 Å². The molecule has 142 valence electrons. The van der Waals surface area contributed by atoms with Crippen molar-refractivity contribution < 1.29 is 19.1 Å². The Balaban J connectivity index is 1.75. The third-order valence-electron chi connectivity index (χ3n) is 3.52. The van der Waals surface area contributed by atoms with Gasteiger partial charge >= 0.3 is 0 Å². The molecule has 0 saturated heterocycles. The molecule has 0 aliphatic heterocycles. The summed E-state index contributed by atoms with van der Waals surface area (Å²) in [6, 6.07) is 15.9. The monoisotopic (exact) mass is 369 g/mol. The third kappa shape index (κ3) is 7.19. The first-order valence-electron chi connectivity index (χ1n) is 8.73. The molecule has 0 fully saturated rings. The minimum absolute atomic E-state index is 0.111. The van der Waals surface area contributed by atoms with Gasteiger partial charge in [-0.15, -0.1) is 0 Å². The number of amides is 3. The Hall–Kier alpha value is -3.35. The summed E-state index contributed by atoms with van der Waals surface area (Å²) in [5.74, 6) is 0.235. The van der Waals surface area contributed by atoms with E-state index < -0.39 is 5.91 Å². The predicted octanol–water partition coefficient (Wildman–Crippen LogP) is 1.85. The molecule has 2 aromatic carbocycles. The van der Waals surface area contributed by atoms with Gasteiger partial charge in [-0.25, -0.2) is 0 Å². The molecule has 0 atom stereocenters. The lowest BCUT2D eigenvalue weighted by Crippen LogP contribution is -2.42. The molecule has 0 aliphatic carbocycles. The van der Waals surface area contributed by atoms with Gasteiger partial charge in [0.1, 0.15) is 11.5 Å². The molecule has 7 nitrogen and oxygen atoms in total. The topological polar surface area (TPSA) is 96.5 Å². The molecule has 0 saturated carbocycles. The van der Waals surface area contributed by atoms with Crippen LogP contribution in [0.5, 0.6) is 11.5 Å². The van der Waals surface area contributed by atoms with Crippen molar-refractivity contribution in [2.45, 2.75) is 13.3 Å². The number of para-hydroxylation sites is 1. The minimum Gasteiger partial charge on any atom is -0.457 e. The number of rotatable bonds is 9. The molecular weight excluding hydrogens is 346 g/mol. The molecular formula is C20H23N3O4. The minimum atomic E-state index is -0.431. The molecule has 0 aromatic heterocycles. The number of nitrogens with one attached hydrogen (secondary N) is 3. The fraction of sp³-hybridized carbons (Fsp3) is 0.250. The van der Waals surface area contributed by atoms with Gasteiger partial charge in [-0.1, -0.05) is 25.1 Å². The maximum atomic E-state index is 12.1. The Morgan fingerprint density at radius 3 is 2.04 bits per heavy atom. The summed E-state index contributed by atoms with van der Waals surface area (Å²) in [6.07, 6.45) is 0.824. The molecule has 0 bridgehead atoms. The Labute approximate surface area is 158 Å². The number of ether oxygens (including phenoxy) is 1. The van der Waals surface area contributed by atoms with Gasteiger partial charge in [0.05, 0.1) is 13.1 Å². The summed E-state index contributed by atoms with van der Waals surface area (Å²) in [6.45, 7) is 2.19. The highest BCUT2D eigenvalue weighted by Crippen LogP contribution is 2.20. The van der Waals surface area contributed by atoms with Gasteiger partial charge in [-0.05, 0) is 42.8 Å². The van der Waals surface area contributed by atoms with E-state index in [9.17, 15) is 14.4 Å². The lowest BCUT2D eigenvalue weighted by atomic mass is 10.2. The van der Waals surface area contributed by atoms with Crippen molar-refractivity contribution >= 4 is 17.7 Å². The number of hydrogen-bond donors (Lipinski definition) is 3. The first-order chi connectivity index (χ1) is 13.1. The molecule has 27 heavy (non-hydrogen) atoms. The Morgan fingerprint density at radius 1 is 0.778 bits per heavy atom. The first-order valence-corrected chi connectivity index (χ1v) is 8.73. The molecule has 0 aliphatic rings. The Bertz CT molecular complexity index is 761. The molecule has 3 N–H and O–H groups in total.